The zero-order valence-electron chi connectivity index (χ0n) is 12.6. The van der Waals surface area contributed by atoms with Gasteiger partial charge in [0.2, 0.25) is 0 Å². The maximum Gasteiger partial charge on any atom is 0.0308 e. The summed E-state index contributed by atoms with van der Waals surface area (Å²) in [6, 6.07) is 0. The minimum Gasteiger partial charge on any atom is -0.310 e. The van der Waals surface area contributed by atoms with Crippen molar-refractivity contribution in [2.45, 2.75) is 63.8 Å². The summed E-state index contributed by atoms with van der Waals surface area (Å²) in [6.07, 6.45) is 13.6. The first-order valence-electron chi connectivity index (χ1n) is 8.41. The molecule has 1 unspecified atom stereocenters. The standard InChI is InChI=1S/C17H30N2/c1-17(16-8-9-16)14-19(12-5-11-18-17)13-10-15-6-3-2-4-7-15/h6,16,18H,2-5,7-14H2,1H3. The molecule has 2 heteroatoms. The van der Waals surface area contributed by atoms with E-state index in [1.165, 1.54) is 77.5 Å². The van der Waals surface area contributed by atoms with Gasteiger partial charge in [0.15, 0.2) is 0 Å². The lowest BCUT2D eigenvalue weighted by Gasteiger charge is -2.34. The molecule has 1 saturated carbocycles. The number of nitrogens with zero attached hydrogens (tertiary/aromatic N) is 1. The van der Waals surface area contributed by atoms with E-state index in [-0.39, 0.29) is 0 Å². The highest BCUT2D eigenvalue weighted by Gasteiger charge is 2.42. The number of hydrogen-bond donors (Lipinski definition) is 1. The monoisotopic (exact) mass is 262 g/mol. The van der Waals surface area contributed by atoms with Crippen molar-refractivity contribution >= 4 is 0 Å². The Hall–Kier alpha value is -0.340. The van der Waals surface area contributed by atoms with Crippen molar-refractivity contribution in [3.63, 3.8) is 0 Å². The fraction of sp³-hybridized carbons (Fsp3) is 0.882. The Morgan fingerprint density at radius 1 is 1.32 bits per heavy atom. The fourth-order valence-electron chi connectivity index (χ4n) is 3.89. The van der Waals surface area contributed by atoms with E-state index in [0.29, 0.717) is 5.54 Å². The minimum atomic E-state index is 0.400. The van der Waals surface area contributed by atoms with Gasteiger partial charge in [-0.3, -0.25) is 0 Å². The first kappa shape index (κ1) is 13.6. The summed E-state index contributed by atoms with van der Waals surface area (Å²) in [7, 11) is 0. The highest BCUT2D eigenvalue weighted by Crippen LogP contribution is 2.40. The normalized spacial score (nSPS) is 33.8. The van der Waals surface area contributed by atoms with E-state index in [4.69, 9.17) is 0 Å². The summed E-state index contributed by atoms with van der Waals surface area (Å²) < 4.78 is 0. The molecule has 0 bridgehead atoms. The van der Waals surface area contributed by atoms with Crippen LogP contribution in [0.15, 0.2) is 11.6 Å². The van der Waals surface area contributed by atoms with Crippen LogP contribution >= 0.6 is 0 Å². The molecule has 19 heavy (non-hydrogen) atoms. The van der Waals surface area contributed by atoms with Crippen molar-refractivity contribution < 1.29 is 0 Å². The second-order valence-electron chi connectivity index (χ2n) is 7.11. The third-order valence-corrected chi connectivity index (χ3v) is 5.34. The molecule has 2 aliphatic carbocycles. The SMILES string of the molecule is CC1(C2CC2)CN(CCC2=CCCCC2)CCCN1. The zero-order chi connectivity index (χ0) is 13.1. The molecule has 108 valence electrons. The largest absolute Gasteiger partial charge is 0.310 e. The van der Waals surface area contributed by atoms with Crippen LogP contribution in [-0.2, 0) is 0 Å². The molecule has 1 saturated heterocycles. The Balaban J connectivity index is 1.52. The lowest BCUT2D eigenvalue weighted by atomic mass is 9.94. The Kier molecular flexibility index (Phi) is 4.28. The predicted molar refractivity (Wildman–Crippen MR) is 81.4 cm³/mol. The fourth-order valence-corrected chi connectivity index (χ4v) is 3.89. The average Bonchev–Trinajstić information content (AvgIpc) is 3.25. The van der Waals surface area contributed by atoms with Gasteiger partial charge in [0, 0.05) is 18.6 Å². The third kappa shape index (κ3) is 3.61. The van der Waals surface area contributed by atoms with E-state index in [1.54, 1.807) is 5.57 Å². The van der Waals surface area contributed by atoms with Gasteiger partial charge in [-0.25, -0.2) is 0 Å². The van der Waals surface area contributed by atoms with Crippen LogP contribution in [0.25, 0.3) is 0 Å². The van der Waals surface area contributed by atoms with Gasteiger partial charge in [0.1, 0.15) is 0 Å². The van der Waals surface area contributed by atoms with Gasteiger partial charge in [-0.1, -0.05) is 11.6 Å². The topological polar surface area (TPSA) is 15.3 Å². The van der Waals surface area contributed by atoms with E-state index in [1.807, 2.05) is 0 Å². The summed E-state index contributed by atoms with van der Waals surface area (Å²) in [6.45, 7) is 7.53. The molecule has 1 heterocycles. The third-order valence-electron chi connectivity index (χ3n) is 5.34. The van der Waals surface area contributed by atoms with Gasteiger partial charge in [-0.2, -0.15) is 0 Å². The van der Waals surface area contributed by atoms with Gasteiger partial charge >= 0.3 is 0 Å². The smallest absolute Gasteiger partial charge is 0.0308 e. The highest BCUT2D eigenvalue weighted by molar-refractivity contribution is 5.06. The van der Waals surface area contributed by atoms with Crippen LogP contribution in [0.3, 0.4) is 0 Å². The second kappa shape index (κ2) is 5.97. The predicted octanol–water partition coefficient (Wildman–Crippen LogP) is 3.34. The summed E-state index contributed by atoms with van der Waals surface area (Å²) >= 11 is 0. The summed E-state index contributed by atoms with van der Waals surface area (Å²) in [5.41, 5.74) is 2.13. The minimum absolute atomic E-state index is 0.400. The molecule has 2 fully saturated rings. The molecule has 0 aromatic carbocycles. The molecular weight excluding hydrogens is 232 g/mol. The summed E-state index contributed by atoms with van der Waals surface area (Å²) in [5.74, 6) is 0.946. The van der Waals surface area contributed by atoms with Gasteiger partial charge in [-0.15, -0.1) is 0 Å². The van der Waals surface area contributed by atoms with Gasteiger partial charge in [0.25, 0.3) is 0 Å². The van der Waals surface area contributed by atoms with Crippen LogP contribution < -0.4 is 5.32 Å². The number of nitrogens with one attached hydrogen (secondary N) is 1. The van der Waals surface area contributed by atoms with Crippen LogP contribution in [-0.4, -0.2) is 36.6 Å². The first-order valence-corrected chi connectivity index (χ1v) is 8.41. The summed E-state index contributed by atoms with van der Waals surface area (Å²) in [4.78, 5) is 2.73. The van der Waals surface area contributed by atoms with E-state index in [9.17, 15) is 0 Å². The molecule has 0 amide bonds. The first-order chi connectivity index (χ1) is 9.26. The van der Waals surface area contributed by atoms with E-state index >= 15 is 0 Å². The molecule has 0 spiro atoms. The second-order valence-corrected chi connectivity index (χ2v) is 7.11. The summed E-state index contributed by atoms with van der Waals surface area (Å²) in [5, 5.41) is 3.83. The van der Waals surface area contributed by atoms with Crippen molar-refractivity contribution in [3.05, 3.63) is 11.6 Å². The quantitative estimate of drug-likeness (QED) is 0.782. The Morgan fingerprint density at radius 3 is 2.95 bits per heavy atom. The van der Waals surface area contributed by atoms with Crippen LogP contribution in [0.4, 0.5) is 0 Å². The lowest BCUT2D eigenvalue weighted by molar-refractivity contribution is 0.202. The average molecular weight is 262 g/mol. The lowest BCUT2D eigenvalue weighted by Crippen LogP contribution is -2.51. The van der Waals surface area contributed by atoms with Crippen LogP contribution in [0.5, 0.6) is 0 Å². The van der Waals surface area contributed by atoms with Crippen LogP contribution in [0.1, 0.15) is 58.3 Å². The zero-order valence-corrected chi connectivity index (χ0v) is 12.6. The van der Waals surface area contributed by atoms with E-state index in [2.05, 4.69) is 23.2 Å². The van der Waals surface area contributed by atoms with Crippen molar-refractivity contribution in [2.75, 3.05) is 26.2 Å². The Morgan fingerprint density at radius 2 is 2.21 bits per heavy atom. The Bertz CT molecular complexity index is 332. The number of rotatable bonds is 4. The Labute approximate surface area is 118 Å². The van der Waals surface area contributed by atoms with E-state index in [0.717, 1.165) is 5.92 Å². The maximum atomic E-state index is 3.83. The molecule has 0 aromatic rings. The number of allylic oxidation sites excluding steroid dienone is 1. The van der Waals surface area contributed by atoms with E-state index < -0.39 is 0 Å². The van der Waals surface area contributed by atoms with Crippen molar-refractivity contribution in [1.29, 1.82) is 0 Å². The maximum absolute atomic E-state index is 3.83. The molecule has 2 nitrogen and oxygen atoms in total. The van der Waals surface area contributed by atoms with Gasteiger partial charge in [-0.05, 0) is 77.3 Å². The molecule has 1 atom stereocenters. The highest BCUT2D eigenvalue weighted by atomic mass is 15.2. The van der Waals surface area contributed by atoms with Crippen LogP contribution in [0, 0.1) is 5.92 Å². The van der Waals surface area contributed by atoms with Crippen molar-refractivity contribution in [1.82, 2.24) is 10.2 Å². The molecule has 1 aliphatic heterocycles. The molecule has 3 rings (SSSR count). The van der Waals surface area contributed by atoms with Gasteiger partial charge in [0.05, 0.1) is 0 Å². The molecule has 0 aromatic heterocycles. The number of hydrogen-bond acceptors (Lipinski definition) is 2. The molecular formula is C17H30N2. The molecule has 1 N–H and O–H groups in total. The van der Waals surface area contributed by atoms with Crippen molar-refractivity contribution in [3.8, 4) is 0 Å². The van der Waals surface area contributed by atoms with Gasteiger partial charge < -0.3 is 10.2 Å². The molecule has 0 radical (unpaired) electrons. The van der Waals surface area contributed by atoms with Crippen LogP contribution in [0.2, 0.25) is 0 Å². The molecule has 3 aliphatic rings. The van der Waals surface area contributed by atoms with Crippen molar-refractivity contribution in [2.24, 2.45) is 5.92 Å².